The summed E-state index contributed by atoms with van der Waals surface area (Å²) in [5, 5.41) is 8.54. The molecule has 1 N–H and O–H groups in total. The fraction of sp³-hybridized carbons (Fsp3) is 0.133. The first-order valence-corrected chi connectivity index (χ1v) is 6.35. The first-order chi connectivity index (χ1) is 9.74. The number of fused-ring (bicyclic) bond motifs is 1. The molecule has 0 aliphatic heterocycles. The number of nitrogens with zero attached hydrogens (tertiary/aromatic N) is 4. The summed E-state index contributed by atoms with van der Waals surface area (Å²) in [4.78, 5) is 9.36. The molecule has 0 radical (unpaired) electrons. The minimum Gasteiger partial charge on any atom is -0.378 e. The van der Waals surface area contributed by atoms with Crippen molar-refractivity contribution in [3.8, 4) is 0 Å². The summed E-state index contributed by atoms with van der Waals surface area (Å²) in [5.74, 6) is 0. The van der Waals surface area contributed by atoms with Crippen LogP contribution in [0.1, 0.15) is 0 Å². The van der Waals surface area contributed by atoms with Crippen molar-refractivity contribution in [2.75, 3.05) is 19.0 Å². The molecule has 1 heterocycles. The second-order valence-corrected chi connectivity index (χ2v) is 4.69. The molecule has 0 aliphatic carbocycles. The maximum Gasteiger partial charge on any atom is 0.116 e. The lowest BCUT2D eigenvalue weighted by Gasteiger charge is -2.11. The Morgan fingerprint density at radius 3 is 2.55 bits per heavy atom. The number of H-pyrrole nitrogens is 1. The third kappa shape index (κ3) is 2.38. The van der Waals surface area contributed by atoms with Gasteiger partial charge in [-0.1, -0.05) is 6.07 Å². The van der Waals surface area contributed by atoms with Crippen molar-refractivity contribution < 1.29 is 0 Å². The fourth-order valence-corrected chi connectivity index (χ4v) is 1.96. The van der Waals surface area contributed by atoms with E-state index in [1.54, 1.807) is 6.33 Å². The zero-order valence-electron chi connectivity index (χ0n) is 11.4. The van der Waals surface area contributed by atoms with Gasteiger partial charge in [0.05, 0.1) is 17.5 Å². The summed E-state index contributed by atoms with van der Waals surface area (Å²) in [5.41, 5.74) is 4.52. The molecular formula is C15H15N5. The van der Waals surface area contributed by atoms with Crippen LogP contribution in [-0.2, 0) is 0 Å². The number of benzene rings is 2. The van der Waals surface area contributed by atoms with Gasteiger partial charge in [0.25, 0.3) is 0 Å². The normalized spacial score (nSPS) is 11.3. The van der Waals surface area contributed by atoms with Crippen LogP contribution in [0.2, 0.25) is 0 Å². The van der Waals surface area contributed by atoms with E-state index in [0.29, 0.717) is 0 Å². The highest BCUT2D eigenvalue weighted by molar-refractivity contribution is 5.85. The number of aromatic amines is 1. The molecule has 0 fully saturated rings. The molecule has 0 atom stereocenters. The van der Waals surface area contributed by atoms with Gasteiger partial charge in [0, 0.05) is 19.8 Å². The molecule has 0 spiro atoms. The van der Waals surface area contributed by atoms with E-state index >= 15 is 0 Å². The van der Waals surface area contributed by atoms with Crippen LogP contribution in [0.25, 0.3) is 11.0 Å². The van der Waals surface area contributed by atoms with E-state index in [-0.39, 0.29) is 0 Å². The van der Waals surface area contributed by atoms with Gasteiger partial charge in [0.1, 0.15) is 11.2 Å². The minimum atomic E-state index is 0.764. The molecule has 3 rings (SSSR count). The van der Waals surface area contributed by atoms with E-state index in [2.05, 4.69) is 20.2 Å². The quantitative estimate of drug-likeness (QED) is 0.726. The van der Waals surface area contributed by atoms with E-state index in [4.69, 9.17) is 0 Å². The third-order valence-electron chi connectivity index (χ3n) is 3.07. The molecule has 5 heteroatoms. The van der Waals surface area contributed by atoms with Crippen molar-refractivity contribution in [3.63, 3.8) is 0 Å². The standard InChI is InChI=1S/C15H15N5/c1-20(2)12-8-6-11(7-9-12)18-19-14-5-3-4-13-15(14)17-10-16-13/h3-10H,1-2H3,(H,16,17). The van der Waals surface area contributed by atoms with Crippen molar-refractivity contribution in [3.05, 3.63) is 48.8 Å². The Morgan fingerprint density at radius 2 is 1.80 bits per heavy atom. The molecule has 0 saturated carbocycles. The van der Waals surface area contributed by atoms with Crippen LogP contribution in [0.3, 0.4) is 0 Å². The highest BCUT2D eigenvalue weighted by Crippen LogP contribution is 2.25. The van der Waals surface area contributed by atoms with Crippen LogP contribution in [0.5, 0.6) is 0 Å². The molecule has 20 heavy (non-hydrogen) atoms. The maximum absolute atomic E-state index is 4.28. The first kappa shape index (κ1) is 12.3. The van der Waals surface area contributed by atoms with E-state index < -0.39 is 0 Å². The molecule has 5 nitrogen and oxygen atoms in total. The Bertz CT molecular complexity index is 740. The second kappa shape index (κ2) is 5.13. The SMILES string of the molecule is CN(C)c1ccc(N=Nc2cccc3[nH]cnc23)cc1. The summed E-state index contributed by atoms with van der Waals surface area (Å²) in [7, 11) is 4.02. The van der Waals surface area contributed by atoms with E-state index in [1.165, 1.54) is 0 Å². The van der Waals surface area contributed by atoms with E-state index in [9.17, 15) is 0 Å². The Balaban J connectivity index is 1.88. The predicted octanol–water partition coefficient (Wildman–Crippen LogP) is 4.04. The van der Waals surface area contributed by atoms with Crippen LogP contribution in [0.4, 0.5) is 17.1 Å². The summed E-state index contributed by atoms with van der Waals surface area (Å²) in [6.45, 7) is 0. The van der Waals surface area contributed by atoms with Crippen molar-refractivity contribution in [2.45, 2.75) is 0 Å². The molecule has 0 bridgehead atoms. The van der Waals surface area contributed by atoms with Gasteiger partial charge >= 0.3 is 0 Å². The molecule has 0 saturated heterocycles. The van der Waals surface area contributed by atoms with Crippen LogP contribution < -0.4 is 4.90 Å². The fourth-order valence-electron chi connectivity index (χ4n) is 1.96. The molecule has 1 aromatic heterocycles. The molecule has 2 aromatic carbocycles. The monoisotopic (exact) mass is 265 g/mol. The zero-order valence-corrected chi connectivity index (χ0v) is 11.4. The number of rotatable bonds is 3. The minimum absolute atomic E-state index is 0.764. The number of nitrogens with one attached hydrogen (secondary N) is 1. The summed E-state index contributed by atoms with van der Waals surface area (Å²) in [6.07, 6.45) is 1.66. The van der Waals surface area contributed by atoms with Crippen LogP contribution in [0.15, 0.2) is 59.0 Å². The largest absolute Gasteiger partial charge is 0.378 e. The van der Waals surface area contributed by atoms with Crippen LogP contribution in [0, 0.1) is 0 Å². The van der Waals surface area contributed by atoms with Crippen molar-refractivity contribution in [1.29, 1.82) is 0 Å². The number of azo groups is 1. The highest BCUT2D eigenvalue weighted by atomic mass is 15.1. The van der Waals surface area contributed by atoms with Gasteiger partial charge in [-0.2, -0.15) is 5.11 Å². The molecule has 3 aromatic rings. The number of hydrogen-bond donors (Lipinski definition) is 1. The van der Waals surface area contributed by atoms with Crippen molar-refractivity contribution in [1.82, 2.24) is 9.97 Å². The lowest BCUT2D eigenvalue weighted by Crippen LogP contribution is -2.07. The number of anilines is 1. The molecule has 0 amide bonds. The second-order valence-electron chi connectivity index (χ2n) is 4.69. The smallest absolute Gasteiger partial charge is 0.116 e. The Kier molecular flexibility index (Phi) is 3.16. The van der Waals surface area contributed by atoms with Crippen molar-refractivity contribution in [2.24, 2.45) is 10.2 Å². The zero-order chi connectivity index (χ0) is 13.9. The van der Waals surface area contributed by atoms with E-state index in [0.717, 1.165) is 28.1 Å². The van der Waals surface area contributed by atoms with Crippen LogP contribution >= 0.6 is 0 Å². The third-order valence-corrected chi connectivity index (χ3v) is 3.07. The van der Waals surface area contributed by atoms with Gasteiger partial charge in [-0.3, -0.25) is 0 Å². The highest BCUT2D eigenvalue weighted by Gasteiger charge is 2.01. The summed E-state index contributed by atoms with van der Waals surface area (Å²) < 4.78 is 0. The molecule has 100 valence electrons. The molecule has 0 aliphatic rings. The average Bonchev–Trinajstić information content (AvgIpc) is 2.94. The Morgan fingerprint density at radius 1 is 1.00 bits per heavy atom. The summed E-state index contributed by atoms with van der Waals surface area (Å²) in [6, 6.07) is 13.7. The van der Waals surface area contributed by atoms with Gasteiger partial charge in [-0.15, -0.1) is 5.11 Å². The number of para-hydroxylation sites is 1. The lowest BCUT2D eigenvalue weighted by atomic mass is 10.2. The Hall–Kier alpha value is -2.69. The lowest BCUT2D eigenvalue weighted by molar-refractivity contribution is 1.13. The predicted molar refractivity (Wildman–Crippen MR) is 81.0 cm³/mol. The van der Waals surface area contributed by atoms with Gasteiger partial charge in [0.2, 0.25) is 0 Å². The topological polar surface area (TPSA) is 56.6 Å². The number of aromatic nitrogens is 2. The van der Waals surface area contributed by atoms with Gasteiger partial charge in [-0.05, 0) is 36.4 Å². The van der Waals surface area contributed by atoms with Gasteiger partial charge in [-0.25, -0.2) is 4.98 Å². The number of imidazole rings is 1. The Labute approximate surface area is 117 Å². The van der Waals surface area contributed by atoms with Crippen LogP contribution in [-0.4, -0.2) is 24.1 Å². The maximum atomic E-state index is 4.28. The van der Waals surface area contributed by atoms with Gasteiger partial charge in [0.15, 0.2) is 0 Å². The summed E-state index contributed by atoms with van der Waals surface area (Å²) >= 11 is 0. The average molecular weight is 265 g/mol. The molecular weight excluding hydrogens is 250 g/mol. The number of hydrogen-bond acceptors (Lipinski definition) is 4. The first-order valence-electron chi connectivity index (χ1n) is 6.35. The molecule has 0 unspecified atom stereocenters. The van der Waals surface area contributed by atoms with E-state index in [1.807, 2.05) is 61.5 Å². The van der Waals surface area contributed by atoms with Crippen molar-refractivity contribution >= 4 is 28.1 Å². The van der Waals surface area contributed by atoms with Gasteiger partial charge < -0.3 is 9.88 Å².